The summed E-state index contributed by atoms with van der Waals surface area (Å²) in [5, 5.41) is -1.96. The van der Waals surface area contributed by atoms with Crippen LogP contribution in [0, 0.1) is 17.7 Å². The highest BCUT2D eigenvalue weighted by atomic mass is 35.5. The molecular weight excluding hydrogens is 458 g/mol. The fraction of sp³-hybridized carbons (Fsp3) is 0.318. The first-order valence-corrected chi connectivity index (χ1v) is 12.1. The van der Waals surface area contributed by atoms with E-state index in [1.165, 1.54) is 18.3 Å². The summed E-state index contributed by atoms with van der Waals surface area (Å²) in [4.78, 5) is 32.4. The third-order valence-corrected chi connectivity index (χ3v) is 8.57. The molecule has 0 radical (unpaired) electrons. The van der Waals surface area contributed by atoms with Crippen LogP contribution >= 0.6 is 19.2 Å². The van der Waals surface area contributed by atoms with Crippen LogP contribution in [0.3, 0.4) is 0 Å². The van der Waals surface area contributed by atoms with Gasteiger partial charge in [0.05, 0.1) is 35.8 Å². The van der Waals surface area contributed by atoms with Gasteiger partial charge in [-0.25, -0.2) is 9.29 Å². The Kier molecular flexibility index (Phi) is 6.07. The van der Waals surface area contributed by atoms with Crippen molar-refractivity contribution in [1.82, 2.24) is 0 Å². The third-order valence-electron chi connectivity index (χ3n) is 5.59. The van der Waals surface area contributed by atoms with Crippen LogP contribution in [-0.4, -0.2) is 31.2 Å². The summed E-state index contributed by atoms with van der Waals surface area (Å²) in [5.74, 6) is -4.02. The Morgan fingerprint density at radius 3 is 2.34 bits per heavy atom. The van der Waals surface area contributed by atoms with Crippen molar-refractivity contribution in [3.8, 4) is 0 Å². The molecule has 0 aromatic heterocycles. The molecule has 0 N–H and O–H groups in total. The Hall–Kier alpha value is -2.38. The number of rotatable bonds is 7. The van der Waals surface area contributed by atoms with Crippen LogP contribution in [0.2, 0.25) is 5.02 Å². The van der Waals surface area contributed by atoms with Gasteiger partial charge in [-0.15, -0.1) is 0 Å². The molecule has 3 atom stereocenters. The summed E-state index contributed by atoms with van der Waals surface area (Å²) < 4.78 is 39.1. The van der Waals surface area contributed by atoms with Crippen LogP contribution in [-0.2, 0) is 28.5 Å². The van der Waals surface area contributed by atoms with Crippen molar-refractivity contribution >= 4 is 42.9 Å². The molecule has 10 heteroatoms. The molecule has 2 aromatic carbocycles. The molecule has 0 saturated carbocycles. The average molecular weight is 479 g/mol. The molecule has 2 aliphatic heterocycles. The van der Waals surface area contributed by atoms with E-state index >= 15 is 0 Å². The normalized spacial score (nSPS) is 24.9. The van der Waals surface area contributed by atoms with E-state index in [4.69, 9.17) is 20.6 Å². The fourth-order valence-corrected chi connectivity index (χ4v) is 6.94. The lowest BCUT2D eigenvalue weighted by Gasteiger charge is -2.37. The molecule has 2 amide bonds. The predicted molar refractivity (Wildman–Crippen MR) is 118 cm³/mol. The molecule has 2 aromatic rings. The Bertz CT molecular complexity index is 1130. The minimum atomic E-state index is -4.07. The lowest BCUT2D eigenvalue weighted by molar-refractivity contribution is -0.123. The van der Waals surface area contributed by atoms with Gasteiger partial charge in [0.2, 0.25) is 11.8 Å². The van der Waals surface area contributed by atoms with Gasteiger partial charge in [-0.05, 0) is 37.6 Å². The van der Waals surface area contributed by atoms with Gasteiger partial charge in [0.1, 0.15) is 5.82 Å². The van der Waals surface area contributed by atoms with Crippen LogP contribution < -0.4 is 4.90 Å². The second-order valence-corrected chi connectivity index (χ2v) is 9.92. The molecule has 0 spiro atoms. The van der Waals surface area contributed by atoms with E-state index in [1.54, 1.807) is 44.2 Å². The maximum absolute atomic E-state index is 14.2. The number of aliphatic imine (C=N–C) groups is 1. The first-order valence-electron chi connectivity index (χ1n) is 10.1. The van der Waals surface area contributed by atoms with Gasteiger partial charge in [0.15, 0.2) is 5.28 Å². The Morgan fingerprint density at radius 1 is 1.09 bits per heavy atom. The molecule has 168 valence electrons. The first-order chi connectivity index (χ1) is 15.3. The molecule has 4 rings (SSSR count). The van der Waals surface area contributed by atoms with Crippen molar-refractivity contribution in [3.63, 3.8) is 0 Å². The molecule has 1 saturated heterocycles. The van der Waals surface area contributed by atoms with Gasteiger partial charge >= 0.3 is 7.60 Å². The molecule has 0 aliphatic carbocycles. The van der Waals surface area contributed by atoms with Crippen LogP contribution in [0.15, 0.2) is 53.5 Å². The van der Waals surface area contributed by atoms with E-state index in [9.17, 15) is 18.5 Å². The zero-order valence-corrected chi connectivity index (χ0v) is 19.1. The molecule has 7 nitrogen and oxygen atoms in total. The molecule has 2 aliphatic rings. The van der Waals surface area contributed by atoms with Gasteiger partial charge in [-0.3, -0.25) is 19.1 Å². The van der Waals surface area contributed by atoms with E-state index in [0.717, 1.165) is 11.0 Å². The molecule has 2 heterocycles. The van der Waals surface area contributed by atoms with E-state index < -0.39 is 42.3 Å². The van der Waals surface area contributed by atoms with Gasteiger partial charge < -0.3 is 9.05 Å². The smallest absolute Gasteiger partial charge is 0.307 e. The predicted octanol–water partition coefficient (Wildman–Crippen LogP) is 4.79. The van der Waals surface area contributed by atoms with Gasteiger partial charge in [0.25, 0.3) is 0 Å². The number of hydrogen-bond donors (Lipinski definition) is 0. The van der Waals surface area contributed by atoms with Crippen molar-refractivity contribution in [2.75, 3.05) is 18.1 Å². The topological polar surface area (TPSA) is 85.3 Å². The second-order valence-electron chi connectivity index (χ2n) is 7.32. The number of carbonyl (C=O) groups excluding carboxylic acids is 2. The highest BCUT2D eigenvalue weighted by Crippen LogP contribution is 2.72. The van der Waals surface area contributed by atoms with E-state index in [0.29, 0.717) is 5.56 Å². The van der Waals surface area contributed by atoms with Crippen LogP contribution in [0.4, 0.5) is 10.1 Å². The van der Waals surface area contributed by atoms with Crippen LogP contribution in [0.1, 0.15) is 19.4 Å². The van der Waals surface area contributed by atoms with Gasteiger partial charge in [-0.2, -0.15) is 0 Å². The number of benzene rings is 2. The zero-order chi connectivity index (χ0) is 23.1. The molecule has 1 fully saturated rings. The van der Waals surface area contributed by atoms with Gasteiger partial charge in [0, 0.05) is 6.21 Å². The number of anilines is 1. The molecule has 0 unspecified atom stereocenters. The standard InChI is InChI=1S/C22H21ClFN2O5P/c1-3-30-32(29,31-4-2)22(14-8-6-5-7-9-14)19-16(13-25-22)20(27)26(21(19)28)15-10-11-18(24)17(23)12-15/h5-13,16,19H,3-4H2,1-2H3/t16-,19+,22+/m1/s1. The number of imide groups is 1. The van der Waals surface area contributed by atoms with E-state index in [-0.39, 0.29) is 23.9 Å². The summed E-state index contributed by atoms with van der Waals surface area (Å²) in [6, 6.07) is 12.2. The first kappa shape index (κ1) is 22.8. The van der Waals surface area contributed by atoms with E-state index in [1.807, 2.05) is 0 Å². The van der Waals surface area contributed by atoms with Crippen LogP contribution in [0.25, 0.3) is 0 Å². The number of nitrogens with zero attached hydrogens (tertiary/aromatic N) is 2. The van der Waals surface area contributed by atoms with Crippen molar-refractivity contribution in [2.45, 2.75) is 19.1 Å². The fourth-order valence-electron chi connectivity index (χ4n) is 4.33. The van der Waals surface area contributed by atoms with Crippen molar-refractivity contribution in [2.24, 2.45) is 16.8 Å². The lowest BCUT2D eigenvalue weighted by Crippen LogP contribution is -2.40. The summed E-state index contributed by atoms with van der Waals surface area (Å²) in [5.41, 5.74) is 0.563. The maximum Gasteiger partial charge on any atom is 0.363 e. The number of halogens is 2. The summed E-state index contributed by atoms with van der Waals surface area (Å²) in [6.07, 6.45) is 1.34. The SMILES string of the molecule is CCOP(=O)(OCC)[C@]1(c2ccccc2)N=C[C@H]2C(=O)N(c3ccc(F)c(Cl)c3)C(=O)[C@H]21. The Balaban J connectivity index is 1.90. The molecule has 0 bridgehead atoms. The lowest BCUT2D eigenvalue weighted by atomic mass is 9.87. The van der Waals surface area contributed by atoms with Crippen molar-refractivity contribution in [3.05, 3.63) is 64.9 Å². The van der Waals surface area contributed by atoms with Crippen molar-refractivity contribution in [1.29, 1.82) is 0 Å². The summed E-state index contributed by atoms with van der Waals surface area (Å²) >= 11 is 5.88. The maximum atomic E-state index is 14.2. The van der Waals surface area contributed by atoms with Gasteiger partial charge in [-0.1, -0.05) is 41.9 Å². The average Bonchev–Trinajstić information content (AvgIpc) is 3.29. The van der Waals surface area contributed by atoms with Crippen molar-refractivity contribution < 1.29 is 27.6 Å². The minimum Gasteiger partial charge on any atom is -0.307 e. The van der Waals surface area contributed by atoms with Crippen LogP contribution in [0.5, 0.6) is 0 Å². The number of carbonyl (C=O) groups is 2. The summed E-state index contributed by atoms with van der Waals surface area (Å²) in [6.45, 7) is 3.43. The zero-order valence-electron chi connectivity index (χ0n) is 17.4. The Morgan fingerprint density at radius 2 is 1.75 bits per heavy atom. The number of hydrogen-bond acceptors (Lipinski definition) is 6. The van der Waals surface area contributed by atoms with E-state index in [2.05, 4.69) is 4.99 Å². The number of amides is 2. The third kappa shape index (κ3) is 3.25. The monoisotopic (exact) mass is 478 g/mol. The quantitative estimate of drug-likeness (QED) is 0.422. The highest BCUT2D eigenvalue weighted by molar-refractivity contribution is 7.55. The largest absolute Gasteiger partial charge is 0.363 e. The molecule has 32 heavy (non-hydrogen) atoms. The second kappa shape index (κ2) is 8.52. The number of fused-ring (bicyclic) bond motifs is 1. The molecular formula is C22H21ClFN2O5P. The highest BCUT2D eigenvalue weighted by Gasteiger charge is 2.69. The Labute approximate surface area is 189 Å². The summed E-state index contributed by atoms with van der Waals surface area (Å²) in [7, 11) is -4.07. The minimum absolute atomic E-state index is 0.0538.